The Morgan fingerprint density at radius 1 is 1.33 bits per heavy atom. The van der Waals surface area contributed by atoms with E-state index in [2.05, 4.69) is 43.1 Å². The number of hydrogen-bond donors (Lipinski definition) is 0. The first-order chi connectivity index (χ1) is 7.17. The first-order valence-corrected chi connectivity index (χ1v) is 5.94. The highest BCUT2D eigenvalue weighted by atomic mass is 15.1. The molecule has 80 valence electrons. The zero-order valence-corrected chi connectivity index (χ0v) is 9.66. The van der Waals surface area contributed by atoms with E-state index in [0.29, 0.717) is 5.41 Å². The molecular weight excluding hydrogens is 182 g/mol. The summed E-state index contributed by atoms with van der Waals surface area (Å²) in [6.07, 6.45) is 2.67. The molecule has 1 nitrogen and oxygen atoms in total. The minimum Gasteiger partial charge on any atom is -0.305 e. The predicted octanol–water partition coefficient (Wildman–Crippen LogP) is 2.45. The fourth-order valence-electron chi connectivity index (χ4n) is 3.80. The molecule has 0 saturated carbocycles. The molecule has 1 saturated heterocycles. The molecule has 1 heterocycles. The molecule has 2 aliphatic rings. The summed E-state index contributed by atoms with van der Waals surface area (Å²) in [7, 11) is 2.26. The van der Waals surface area contributed by atoms with E-state index in [0.717, 1.165) is 5.92 Å². The van der Waals surface area contributed by atoms with Crippen LogP contribution in [0, 0.1) is 5.92 Å². The van der Waals surface area contributed by atoms with Gasteiger partial charge in [-0.25, -0.2) is 0 Å². The molecule has 0 radical (unpaired) electrons. The Kier molecular flexibility index (Phi) is 1.93. The number of piperidine rings is 1. The zero-order chi connectivity index (χ0) is 10.5. The maximum atomic E-state index is 2.50. The Bertz CT molecular complexity index is 385. The van der Waals surface area contributed by atoms with Crippen molar-refractivity contribution in [2.75, 3.05) is 20.1 Å². The van der Waals surface area contributed by atoms with Crippen LogP contribution in [0.25, 0.3) is 0 Å². The normalized spacial score (nSPS) is 34.9. The molecule has 1 aliphatic heterocycles. The minimum atomic E-state index is 0.409. The summed E-state index contributed by atoms with van der Waals surface area (Å²) in [6.45, 7) is 4.94. The van der Waals surface area contributed by atoms with Gasteiger partial charge in [-0.1, -0.05) is 31.2 Å². The third-order valence-corrected chi connectivity index (χ3v) is 4.10. The lowest BCUT2D eigenvalue weighted by molar-refractivity contribution is 0.120. The Morgan fingerprint density at radius 2 is 2.13 bits per heavy atom. The van der Waals surface area contributed by atoms with Gasteiger partial charge in [-0.15, -0.1) is 0 Å². The lowest BCUT2D eigenvalue weighted by atomic mass is 9.65. The zero-order valence-electron chi connectivity index (χ0n) is 9.66. The van der Waals surface area contributed by atoms with Crippen molar-refractivity contribution < 1.29 is 0 Å². The number of likely N-dealkylation sites (N-methyl/N-ethyl adjacent to an activating group) is 1. The van der Waals surface area contributed by atoms with Crippen LogP contribution in [0.1, 0.15) is 24.5 Å². The van der Waals surface area contributed by atoms with Crippen molar-refractivity contribution in [3.8, 4) is 0 Å². The molecule has 0 N–H and O–H groups in total. The summed E-state index contributed by atoms with van der Waals surface area (Å²) >= 11 is 0. The van der Waals surface area contributed by atoms with Crippen molar-refractivity contribution in [2.45, 2.75) is 25.2 Å². The third-order valence-electron chi connectivity index (χ3n) is 4.10. The summed E-state index contributed by atoms with van der Waals surface area (Å²) in [5.41, 5.74) is 3.61. The van der Waals surface area contributed by atoms with E-state index in [1.807, 2.05) is 0 Å². The molecule has 2 bridgehead atoms. The van der Waals surface area contributed by atoms with Gasteiger partial charge in [-0.05, 0) is 36.9 Å². The Balaban J connectivity index is 2.10. The second-order valence-corrected chi connectivity index (χ2v) is 5.69. The number of benzene rings is 1. The van der Waals surface area contributed by atoms with Crippen molar-refractivity contribution in [1.29, 1.82) is 0 Å². The SMILES string of the molecule is CN1C[C@@H]2Cc3ccccc3[C@@](C)(C2)C1. The number of fused-ring (bicyclic) bond motifs is 4. The van der Waals surface area contributed by atoms with Crippen LogP contribution in [0.4, 0.5) is 0 Å². The fourth-order valence-corrected chi connectivity index (χ4v) is 3.80. The monoisotopic (exact) mass is 201 g/mol. The van der Waals surface area contributed by atoms with Gasteiger partial charge in [-0.2, -0.15) is 0 Å². The van der Waals surface area contributed by atoms with Gasteiger partial charge >= 0.3 is 0 Å². The topological polar surface area (TPSA) is 3.24 Å². The van der Waals surface area contributed by atoms with E-state index in [4.69, 9.17) is 0 Å². The second kappa shape index (κ2) is 3.08. The molecule has 1 aliphatic carbocycles. The van der Waals surface area contributed by atoms with E-state index in [9.17, 15) is 0 Å². The van der Waals surface area contributed by atoms with E-state index >= 15 is 0 Å². The first kappa shape index (κ1) is 9.41. The van der Waals surface area contributed by atoms with Gasteiger partial charge in [-0.3, -0.25) is 0 Å². The van der Waals surface area contributed by atoms with E-state index in [1.54, 1.807) is 11.1 Å². The second-order valence-electron chi connectivity index (χ2n) is 5.69. The summed E-state index contributed by atoms with van der Waals surface area (Å²) < 4.78 is 0. The molecule has 0 unspecified atom stereocenters. The smallest absolute Gasteiger partial charge is 0.00732 e. The fraction of sp³-hybridized carbons (Fsp3) is 0.571. The van der Waals surface area contributed by atoms with Crippen molar-refractivity contribution >= 4 is 0 Å². The lowest BCUT2D eigenvalue weighted by Gasteiger charge is -2.48. The van der Waals surface area contributed by atoms with Crippen LogP contribution in [-0.4, -0.2) is 25.0 Å². The summed E-state index contributed by atoms with van der Waals surface area (Å²) in [4.78, 5) is 2.50. The standard InChI is InChI=1S/C14H19N/c1-14-8-11(9-15(2)10-14)7-12-5-3-4-6-13(12)14/h3-6,11H,7-10H2,1-2H3/t11-,14+/m1/s1. The quantitative estimate of drug-likeness (QED) is 0.623. The van der Waals surface area contributed by atoms with Crippen LogP contribution < -0.4 is 0 Å². The highest BCUT2D eigenvalue weighted by Gasteiger charge is 2.40. The Labute approximate surface area is 92.1 Å². The number of hydrogen-bond acceptors (Lipinski definition) is 1. The predicted molar refractivity (Wildman–Crippen MR) is 63.1 cm³/mol. The van der Waals surface area contributed by atoms with Crippen LogP contribution in [0.2, 0.25) is 0 Å². The lowest BCUT2D eigenvalue weighted by Crippen LogP contribution is -2.50. The van der Waals surface area contributed by atoms with Crippen LogP contribution in [0.5, 0.6) is 0 Å². The Hall–Kier alpha value is -0.820. The van der Waals surface area contributed by atoms with Crippen molar-refractivity contribution in [3.05, 3.63) is 35.4 Å². The average Bonchev–Trinajstić information content (AvgIpc) is 2.15. The summed E-state index contributed by atoms with van der Waals surface area (Å²) in [5, 5.41) is 0. The first-order valence-electron chi connectivity index (χ1n) is 5.94. The maximum absolute atomic E-state index is 2.50. The average molecular weight is 201 g/mol. The maximum Gasteiger partial charge on any atom is 0.00732 e. The highest BCUT2D eigenvalue weighted by molar-refractivity contribution is 5.38. The van der Waals surface area contributed by atoms with Crippen LogP contribution in [0.3, 0.4) is 0 Å². The van der Waals surface area contributed by atoms with Gasteiger partial charge in [0.2, 0.25) is 0 Å². The molecule has 1 aromatic rings. The largest absolute Gasteiger partial charge is 0.305 e. The number of rotatable bonds is 0. The van der Waals surface area contributed by atoms with Crippen molar-refractivity contribution in [3.63, 3.8) is 0 Å². The molecular formula is C14H19N. The summed E-state index contributed by atoms with van der Waals surface area (Å²) in [5.74, 6) is 0.878. The Morgan fingerprint density at radius 3 is 3.00 bits per heavy atom. The van der Waals surface area contributed by atoms with Crippen LogP contribution in [-0.2, 0) is 11.8 Å². The minimum absolute atomic E-state index is 0.409. The van der Waals surface area contributed by atoms with Gasteiger partial charge in [0.1, 0.15) is 0 Å². The summed E-state index contributed by atoms with van der Waals surface area (Å²) in [6, 6.07) is 9.04. The molecule has 0 aromatic heterocycles. The van der Waals surface area contributed by atoms with Crippen LogP contribution >= 0.6 is 0 Å². The number of likely N-dealkylation sites (tertiary alicyclic amines) is 1. The van der Waals surface area contributed by atoms with Crippen molar-refractivity contribution in [1.82, 2.24) is 4.90 Å². The van der Waals surface area contributed by atoms with Gasteiger partial charge in [0.25, 0.3) is 0 Å². The van der Waals surface area contributed by atoms with Gasteiger partial charge < -0.3 is 4.90 Å². The molecule has 1 aromatic carbocycles. The molecule has 2 atom stereocenters. The molecule has 1 fully saturated rings. The van der Waals surface area contributed by atoms with E-state index < -0.39 is 0 Å². The van der Waals surface area contributed by atoms with E-state index in [1.165, 1.54) is 25.9 Å². The van der Waals surface area contributed by atoms with Gasteiger partial charge in [0, 0.05) is 18.5 Å². The third kappa shape index (κ3) is 1.41. The molecule has 3 rings (SSSR count). The van der Waals surface area contributed by atoms with Gasteiger partial charge in [0.15, 0.2) is 0 Å². The number of nitrogens with zero attached hydrogens (tertiary/aromatic N) is 1. The highest BCUT2D eigenvalue weighted by Crippen LogP contribution is 2.43. The van der Waals surface area contributed by atoms with Crippen molar-refractivity contribution in [2.24, 2.45) is 5.92 Å². The molecule has 0 spiro atoms. The molecule has 1 heteroatoms. The van der Waals surface area contributed by atoms with Gasteiger partial charge in [0.05, 0.1) is 0 Å². The van der Waals surface area contributed by atoms with Crippen LogP contribution in [0.15, 0.2) is 24.3 Å². The van der Waals surface area contributed by atoms with E-state index in [-0.39, 0.29) is 0 Å². The molecule has 0 amide bonds. The molecule has 15 heavy (non-hydrogen) atoms.